The molecule has 0 saturated heterocycles. The smallest absolute Gasteiger partial charge is 0.330 e. The lowest BCUT2D eigenvalue weighted by atomic mass is 10.1. The fourth-order valence-electron chi connectivity index (χ4n) is 3.46. The van der Waals surface area contributed by atoms with Crippen LogP contribution in [0.3, 0.4) is 0 Å². The number of carbonyl (C=O) groups excluding carboxylic acids is 2. The number of hydrogen-bond donors (Lipinski definition) is 0. The number of hydrogen-bond acceptors (Lipinski definition) is 9. The van der Waals surface area contributed by atoms with Crippen LogP contribution >= 0.6 is 0 Å². The number of ether oxygens (including phenoxy) is 2. The molecule has 0 heterocycles. The molecule has 0 saturated carbocycles. The highest BCUT2D eigenvalue weighted by atomic mass is 16.5. The lowest BCUT2D eigenvalue weighted by molar-refractivity contribution is -0.137. The van der Waals surface area contributed by atoms with E-state index in [2.05, 4.69) is 33.6 Å². The molecule has 0 amide bonds. The Hall–Kier alpha value is -4.92. The molecule has 0 radical (unpaired) electrons. The van der Waals surface area contributed by atoms with Crippen LogP contribution in [-0.2, 0) is 25.5 Å². The molecule has 0 fully saturated rings. The van der Waals surface area contributed by atoms with E-state index in [0.717, 1.165) is 41.2 Å². The predicted octanol–water partition coefficient (Wildman–Crippen LogP) is 7.34. The third-order valence-corrected chi connectivity index (χ3v) is 5.51. The Morgan fingerprint density at radius 2 is 1.26 bits per heavy atom. The Balaban J connectivity index is 1.70. The number of benzene rings is 3. The molecule has 0 N–H and O–H groups in total. The van der Waals surface area contributed by atoms with Gasteiger partial charge in [-0.05, 0) is 66.6 Å². The third-order valence-electron chi connectivity index (χ3n) is 5.51. The topological polar surface area (TPSA) is 105 Å². The van der Waals surface area contributed by atoms with Gasteiger partial charge in [-0.3, -0.25) is 0 Å². The normalized spacial score (nSPS) is 10.9. The number of esters is 2. The van der Waals surface area contributed by atoms with Crippen LogP contribution in [0.4, 0.5) is 28.4 Å². The van der Waals surface area contributed by atoms with Crippen LogP contribution in [0.15, 0.2) is 119 Å². The summed E-state index contributed by atoms with van der Waals surface area (Å²) in [6.45, 7) is 9.97. The number of carbonyl (C=O) groups is 2. The first-order valence-electron chi connectivity index (χ1n) is 12.5. The molecule has 0 aliphatic carbocycles. The van der Waals surface area contributed by atoms with Crippen molar-refractivity contribution in [1.29, 1.82) is 0 Å². The molecule has 0 unspecified atom stereocenters. The van der Waals surface area contributed by atoms with Crippen molar-refractivity contribution in [3.8, 4) is 0 Å². The van der Waals surface area contributed by atoms with Crippen molar-refractivity contribution in [2.24, 2.45) is 20.5 Å². The van der Waals surface area contributed by atoms with Gasteiger partial charge in [0.1, 0.15) is 13.2 Å². The Labute approximate surface area is 228 Å². The Morgan fingerprint density at radius 1 is 0.744 bits per heavy atom. The molecule has 0 atom stereocenters. The molecule has 0 aliphatic rings. The molecule has 9 heteroatoms. The highest BCUT2D eigenvalue weighted by Gasteiger charge is 2.11. The average Bonchev–Trinajstić information content (AvgIpc) is 2.98. The average molecular weight is 526 g/mol. The van der Waals surface area contributed by atoms with Gasteiger partial charge in [-0.2, -0.15) is 20.5 Å². The second-order valence-electron chi connectivity index (χ2n) is 8.15. The maximum absolute atomic E-state index is 11.4. The van der Waals surface area contributed by atoms with E-state index in [4.69, 9.17) is 9.47 Å². The maximum Gasteiger partial charge on any atom is 0.330 e. The number of azo groups is 2. The fourth-order valence-corrected chi connectivity index (χ4v) is 3.46. The SMILES string of the molecule is C=CC(=O)OCCN(CCOC(=O)C=C)c1ccc(N=Nc2ccc(N=Nc3ccccc3)cc2)c(CC)c1. The molecular formula is C30H31N5O4. The number of rotatable bonds is 14. The zero-order valence-electron chi connectivity index (χ0n) is 21.9. The Bertz CT molecular complexity index is 1290. The van der Waals surface area contributed by atoms with E-state index < -0.39 is 11.9 Å². The molecule has 3 aromatic rings. The molecule has 3 rings (SSSR count). The van der Waals surface area contributed by atoms with Gasteiger partial charge in [-0.15, -0.1) is 0 Å². The van der Waals surface area contributed by atoms with E-state index in [1.54, 1.807) is 0 Å². The predicted molar refractivity (Wildman–Crippen MR) is 152 cm³/mol. The molecule has 0 bridgehead atoms. The molecule has 200 valence electrons. The lowest BCUT2D eigenvalue weighted by Gasteiger charge is -2.25. The Kier molecular flexibility index (Phi) is 11.3. The second-order valence-corrected chi connectivity index (χ2v) is 8.15. The van der Waals surface area contributed by atoms with Crippen LogP contribution in [0.1, 0.15) is 12.5 Å². The molecule has 3 aromatic carbocycles. The van der Waals surface area contributed by atoms with Crippen LogP contribution < -0.4 is 4.90 Å². The van der Waals surface area contributed by atoms with Gasteiger partial charge < -0.3 is 14.4 Å². The largest absolute Gasteiger partial charge is 0.461 e. The zero-order chi connectivity index (χ0) is 27.9. The van der Waals surface area contributed by atoms with Crippen molar-refractivity contribution in [3.63, 3.8) is 0 Å². The second kappa shape index (κ2) is 15.4. The lowest BCUT2D eigenvalue weighted by Crippen LogP contribution is -2.32. The molecular weight excluding hydrogens is 494 g/mol. The number of nitrogens with zero attached hydrogens (tertiary/aromatic N) is 5. The minimum atomic E-state index is -0.495. The van der Waals surface area contributed by atoms with Gasteiger partial charge >= 0.3 is 11.9 Å². The summed E-state index contributed by atoms with van der Waals surface area (Å²) in [4.78, 5) is 24.9. The molecule has 0 aromatic heterocycles. The molecule has 0 spiro atoms. The molecule has 0 aliphatic heterocycles. The van der Waals surface area contributed by atoms with E-state index in [-0.39, 0.29) is 13.2 Å². The van der Waals surface area contributed by atoms with Crippen molar-refractivity contribution in [2.45, 2.75) is 13.3 Å². The standard InChI is InChI=1S/C30H31N5O4/c1-4-23-22-27(35(18-20-38-29(36)5-2)19-21-39-30(37)6-3)16-17-28(23)34-33-26-14-12-25(13-15-26)32-31-24-10-8-7-9-11-24/h5-17,22H,2-4,18-21H2,1H3. The van der Waals surface area contributed by atoms with E-state index in [1.807, 2.05) is 84.6 Å². The van der Waals surface area contributed by atoms with Gasteiger partial charge in [-0.1, -0.05) is 38.3 Å². The maximum atomic E-state index is 11.4. The summed E-state index contributed by atoms with van der Waals surface area (Å²) in [7, 11) is 0. The number of anilines is 1. The van der Waals surface area contributed by atoms with Crippen molar-refractivity contribution >= 4 is 40.4 Å². The number of aryl methyl sites for hydroxylation is 1. The van der Waals surface area contributed by atoms with E-state index in [9.17, 15) is 9.59 Å². The van der Waals surface area contributed by atoms with E-state index in [1.165, 1.54) is 0 Å². The monoisotopic (exact) mass is 525 g/mol. The molecule has 9 nitrogen and oxygen atoms in total. The van der Waals surface area contributed by atoms with Gasteiger partial charge in [0.25, 0.3) is 0 Å². The van der Waals surface area contributed by atoms with Gasteiger partial charge in [0, 0.05) is 17.8 Å². The minimum Gasteiger partial charge on any atom is -0.461 e. The van der Waals surface area contributed by atoms with Crippen LogP contribution in [0.2, 0.25) is 0 Å². The van der Waals surface area contributed by atoms with Gasteiger partial charge in [0.15, 0.2) is 0 Å². The third kappa shape index (κ3) is 9.47. The van der Waals surface area contributed by atoms with Crippen LogP contribution in [0, 0.1) is 0 Å². The van der Waals surface area contributed by atoms with E-state index in [0.29, 0.717) is 24.5 Å². The summed E-state index contributed by atoms with van der Waals surface area (Å²) in [6.07, 6.45) is 2.97. The highest BCUT2D eigenvalue weighted by molar-refractivity contribution is 5.81. The van der Waals surface area contributed by atoms with Crippen LogP contribution in [0.25, 0.3) is 0 Å². The summed E-state index contributed by atoms with van der Waals surface area (Å²) in [5, 5.41) is 17.3. The van der Waals surface area contributed by atoms with E-state index >= 15 is 0 Å². The molecule has 39 heavy (non-hydrogen) atoms. The van der Waals surface area contributed by atoms with Crippen molar-refractivity contribution in [3.05, 3.63) is 104 Å². The van der Waals surface area contributed by atoms with Gasteiger partial charge in [0.05, 0.1) is 35.8 Å². The Morgan fingerprint density at radius 3 is 1.77 bits per heavy atom. The minimum absolute atomic E-state index is 0.157. The fraction of sp³-hybridized carbons (Fsp3) is 0.200. The van der Waals surface area contributed by atoms with Gasteiger partial charge in [-0.25, -0.2) is 9.59 Å². The van der Waals surface area contributed by atoms with Crippen molar-refractivity contribution < 1.29 is 19.1 Å². The highest BCUT2D eigenvalue weighted by Crippen LogP contribution is 2.29. The summed E-state index contributed by atoms with van der Waals surface area (Å²) in [6, 6.07) is 22.7. The first-order valence-corrected chi connectivity index (χ1v) is 12.5. The first kappa shape index (κ1) is 28.6. The van der Waals surface area contributed by atoms with Crippen molar-refractivity contribution in [1.82, 2.24) is 0 Å². The summed E-state index contributed by atoms with van der Waals surface area (Å²) in [5.74, 6) is -0.990. The van der Waals surface area contributed by atoms with Crippen LogP contribution in [-0.4, -0.2) is 38.2 Å². The van der Waals surface area contributed by atoms with Crippen LogP contribution in [0.5, 0.6) is 0 Å². The van der Waals surface area contributed by atoms with Crippen molar-refractivity contribution in [2.75, 3.05) is 31.2 Å². The summed E-state index contributed by atoms with van der Waals surface area (Å²) in [5.41, 5.74) is 4.79. The zero-order valence-corrected chi connectivity index (χ0v) is 21.9. The summed E-state index contributed by atoms with van der Waals surface area (Å²) < 4.78 is 10.3. The first-order chi connectivity index (χ1) is 19.0. The quantitative estimate of drug-likeness (QED) is 0.124. The summed E-state index contributed by atoms with van der Waals surface area (Å²) >= 11 is 0. The van der Waals surface area contributed by atoms with Gasteiger partial charge in [0.2, 0.25) is 0 Å².